The van der Waals surface area contributed by atoms with Crippen LogP contribution < -0.4 is 10.1 Å². The highest BCUT2D eigenvalue weighted by atomic mass is 16.5. The molecule has 0 aliphatic rings. The molecule has 0 fully saturated rings. The van der Waals surface area contributed by atoms with Gasteiger partial charge in [0.2, 0.25) is 0 Å². The van der Waals surface area contributed by atoms with Gasteiger partial charge in [0.1, 0.15) is 5.75 Å². The largest absolute Gasteiger partial charge is 0.452 e. The molecule has 1 amide bonds. The molecule has 0 spiro atoms. The lowest BCUT2D eigenvalue weighted by atomic mass is 10.0. The first-order chi connectivity index (χ1) is 14.4. The van der Waals surface area contributed by atoms with Crippen LogP contribution in [0.1, 0.15) is 22.8 Å². The van der Waals surface area contributed by atoms with Crippen molar-refractivity contribution in [2.24, 2.45) is 0 Å². The molecule has 3 aromatic rings. The number of benzene rings is 3. The van der Waals surface area contributed by atoms with Gasteiger partial charge in [0.25, 0.3) is 5.91 Å². The zero-order chi connectivity index (χ0) is 21.5. The minimum absolute atomic E-state index is 0.346. The lowest BCUT2D eigenvalue weighted by molar-refractivity contribution is -0.131. The van der Waals surface area contributed by atoms with Crippen LogP contribution in [0, 0.1) is 6.92 Å². The summed E-state index contributed by atoms with van der Waals surface area (Å²) in [6.45, 7) is 2.93. The summed E-state index contributed by atoms with van der Waals surface area (Å²) in [5.41, 5.74) is 3.87. The predicted octanol–water partition coefficient (Wildman–Crippen LogP) is 4.38. The highest BCUT2D eigenvalue weighted by Gasteiger charge is 2.11. The molecular formula is C24H21NO5. The van der Waals surface area contributed by atoms with Crippen molar-refractivity contribution in [3.05, 3.63) is 83.9 Å². The van der Waals surface area contributed by atoms with Crippen molar-refractivity contribution in [3.63, 3.8) is 0 Å². The van der Waals surface area contributed by atoms with Crippen molar-refractivity contribution in [2.75, 3.05) is 11.9 Å². The molecule has 152 valence electrons. The van der Waals surface area contributed by atoms with Crippen LogP contribution in [0.5, 0.6) is 5.75 Å². The molecule has 0 saturated heterocycles. The molecular weight excluding hydrogens is 382 g/mol. The van der Waals surface area contributed by atoms with Crippen LogP contribution in [0.25, 0.3) is 11.1 Å². The number of ether oxygens (including phenoxy) is 2. The molecule has 0 radical (unpaired) electrons. The van der Waals surface area contributed by atoms with Crippen LogP contribution in [0.2, 0.25) is 0 Å². The molecule has 0 atom stereocenters. The Morgan fingerprint density at radius 3 is 1.93 bits per heavy atom. The number of anilines is 1. The van der Waals surface area contributed by atoms with Crippen LogP contribution in [-0.4, -0.2) is 24.5 Å². The molecule has 6 nitrogen and oxygen atoms in total. The fraction of sp³-hybridized carbons (Fsp3) is 0.125. The Labute approximate surface area is 174 Å². The van der Waals surface area contributed by atoms with E-state index in [9.17, 15) is 14.4 Å². The summed E-state index contributed by atoms with van der Waals surface area (Å²) in [6, 6.07) is 21.2. The minimum atomic E-state index is -0.578. The number of hydrogen-bond donors (Lipinski definition) is 1. The molecule has 0 unspecified atom stereocenters. The van der Waals surface area contributed by atoms with Gasteiger partial charge in [-0.3, -0.25) is 9.59 Å². The molecule has 0 aliphatic carbocycles. The average molecular weight is 403 g/mol. The first kappa shape index (κ1) is 20.8. The first-order valence-electron chi connectivity index (χ1n) is 9.33. The summed E-state index contributed by atoms with van der Waals surface area (Å²) >= 11 is 0. The van der Waals surface area contributed by atoms with Crippen molar-refractivity contribution in [1.29, 1.82) is 0 Å². The third kappa shape index (κ3) is 5.78. The van der Waals surface area contributed by atoms with Crippen molar-refractivity contribution in [1.82, 2.24) is 0 Å². The summed E-state index contributed by atoms with van der Waals surface area (Å²) in [6.07, 6.45) is 0. The Morgan fingerprint density at radius 1 is 0.800 bits per heavy atom. The second-order valence-electron chi connectivity index (χ2n) is 6.69. The van der Waals surface area contributed by atoms with Gasteiger partial charge in [-0.15, -0.1) is 0 Å². The molecule has 0 saturated carbocycles. The number of rotatable bonds is 6. The molecule has 30 heavy (non-hydrogen) atoms. The van der Waals surface area contributed by atoms with E-state index < -0.39 is 11.9 Å². The summed E-state index contributed by atoms with van der Waals surface area (Å²) in [7, 11) is 0. The highest BCUT2D eigenvalue weighted by Crippen LogP contribution is 2.23. The molecule has 1 N–H and O–H groups in total. The van der Waals surface area contributed by atoms with Crippen molar-refractivity contribution >= 4 is 23.5 Å². The summed E-state index contributed by atoms with van der Waals surface area (Å²) in [4.78, 5) is 35.1. The standard InChI is InChI=1S/C24H21NO5/c1-16-3-11-21(12-4-16)25-23(27)15-29-24(28)20-7-5-18(6-8-20)19-9-13-22(14-10-19)30-17(2)26/h3-14H,15H2,1-2H3,(H,25,27). The van der Waals surface area contributed by atoms with E-state index in [2.05, 4.69) is 5.32 Å². The first-order valence-corrected chi connectivity index (χ1v) is 9.33. The van der Waals surface area contributed by atoms with E-state index in [1.54, 1.807) is 48.5 Å². The average Bonchev–Trinajstić information content (AvgIpc) is 2.74. The Balaban J connectivity index is 1.55. The van der Waals surface area contributed by atoms with E-state index >= 15 is 0 Å². The number of nitrogens with one attached hydrogen (secondary N) is 1. The molecule has 0 heterocycles. The maximum absolute atomic E-state index is 12.2. The summed E-state index contributed by atoms with van der Waals surface area (Å²) in [5.74, 6) is -0.893. The van der Waals surface area contributed by atoms with E-state index in [4.69, 9.17) is 9.47 Å². The van der Waals surface area contributed by atoms with E-state index in [1.165, 1.54) is 6.92 Å². The maximum atomic E-state index is 12.2. The third-order valence-electron chi connectivity index (χ3n) is 4.24. The monoisotopic (exact) mass is 403 g/mol. The molecule has 3 aromatic carbocycles. The van der Waals surface area contributed by atoms with Crippen LogP contribution >= 0.6 is 0 Å². The molecule has 0 bridgehead atoms. The molecule has 6 heteroatoms. The van der Waals surface area contributed by atoms with Crippen LogP contribution in [0.3, 0.4) is 0 Å². The van der Waals surface area contributed by atoms with Gasteiger partial charge < -0.3 is 14.8 Å². The minimum Gasteiger partial charge on any atom is -0.452 e. The van der Waals surface area contributed by atoms with Crippen LogP contribution in [-0.2, 0) is 14.3 Å². The number of carbonyl (C=O) groups is 3. The Kier molecular flexibility index (Phi) is 6.60. The zero-order valence-corrected chi connectivity index (χ0v) is 16.7. The normalized spacial score (nSPS) is 10.2. The number of amides is 1. The lowest BCUT2D eigenvalue weighted by Crippen LogP contribution is -2.20. The lowest BCUT2D eigenvalue weighted by Gasteiger charge is -2.08. The van der Waals surface area contributed by atoms with Crippen molar-refractivity contribution in [2.45, 2.75) is 13.8 Å². The van der Waals surface area contributed by atoms with E-state index in [0.29, 0.717) is 17.0 Å². The fourth-order valence-electron chi connectivity index (χ4n) is 2.73. The number of esters is 2. The van der Waals surface area contributed by atoms with Gasteiger partial charge in [-0.1, -0.05) is 42.0 Å². The van der Waals surface area contributed by atoms with Gasteiger partial charge in [0.15, 0.2) is 6.61 Å². The second kappa shape index (κ2) is 9.52. The smallest absolute Gasteiger partial charge is 0.338 e. The predicted molar refractivity (Wildman–Crippen MR) is 113 cm³/mol. The quantitative estimate of drug-likeness (QED) is 0.488. The maximum Gasteiger partial charge on any atom is 0.338 e. The van der Waals surface area contributed by atoms with Gasteiger partial charge >= 0.3 is 11.9 Å². The topological polar surface area (TPSA) is 81.7 Å². The molecule has 0 aromatic heterocycles. The zero-order valence-electron chi connectivity index (χ0n) is 16.7. The van der Waals surface area contributed by atoms with Crippen molar-refractivity contribution < 1.29 is 23.9 Å². The highest BCUT2D eigenvalue weighted by molar-refractivity contribution is 5.95. The van der Waals surface area contributed by atoms with Crippen LogP contribution in [0.15, 0.2) is 72.8 Å². The number of aryl methyl sites for hydroxylation is 1. The summed E-state index contributed by atoms with van der Waals surface area (Å²) < 4.78 is 10.1. The SMILES string of the molecule is CC(=O)Oc1ccc(-c2ccc(C(=O)OCC(=O)Nc3ccc(C)cc3)cc2)cc1. The van der Waals surface area contributed by atoms with Gasteiger partial charge in [0.05, 0.1) is 5.56 Å². The molecule has 3 rings (SSSR count). The fourth-order valence-corrected chi connectivity index (χ4v) is 2.73. The van der Waals surface area contributed by atoms with E-state index in [0.717, 1.165) is 16.7 Å². The van der Waals surface area contributed by atoms with Gasteiger partial charge in [-0.2, -0.15) is 0 Å². The van der Waals surface area contributed by atoms with Gasteiger partial charge in [-0.05, 0) is 54.4 Å². The van der Waals surface area contributed by atoms with Gasteiger partial charge in [0, 0.05) is 12.6 Å². The Morgan fingerprint density at radius 2 is 1.37 bits per heavy atom. The van der Waals surface area contributed by atoms with E-state index in [-0.39, 0.29) is 12.6 Å². The third-order valence-corrected chi connectivity index (χ3v) is 4.24. The van der Waals surface area contributed by atoms with E-state index in [1.807, 2.05) is 31.2 Å². The number of hydrogen-bond acceptors (Lipinski definition) is 5. The number of carbonyl (C=O) groups excluding carboxylic acids is 3. The Hall–Kier alpha value is -3.93. The Bertz CT molecular complexity index is 1040. The molecule has 0 aliphatic heterocycles. The van der Waals surface area contributed by atoms with Crippen LogP contribution in [0.4, 0.5) is 5.69 Å². The second-order valence-corrected chi connectivity index (χ2v) is 6.69. The summed E-state index contributed by atoms with van der Waals surface area (Å²) in [5, 5.41) is 2.68. The van der Waals surface area contributed by atoms with Crippen molar-refractivity contribution in [3.8, 4) is 16.9 Å². The van der Waals surface area contributed by atoms with Gasteiger partial charge in [-0.25, -0.2) is 4.79 Å².